The zero-order valence-corrected chi connectivity index (χ0v) is 23.7. The molecule has 1 N–H and O–H groups in total. The molecule has 1 aliphatic heterocycles. The number of aromatic nitrogens is 2. The maximum absolute atomic E-state index is 14.6. The molecule has 9 nitrogen and oxygen atoms in total. The van der Waals surface area contributed by atoms with Crippen molar-refractivity contribution >= 4 is 40.7 Å². The fourth-order valence-electron chi connectivity index (χ4n) is 5.64. The second-order valence-electron chi connectivity index (χ2n) is 10.2. The number of allylic oxidation sites excluding steroid dienone is 1. The zero-order valence-electron chi connectivity index (χ0n) is 22.1. The number of ether oxygens (including phenoxy) is 2. The molecule has 0 amide bonds. The number of aryl methyl sites for hydroxylation is 1. The molecule has 2 aromatic heterocycles. The van der Waals surface area contributed by atoms with Gasteiger partial charge in [0.2, 0.25) is 0 Å². The monoisotopic (exact) mass is 602 g/mol. The molecule has 3 heterocycles. The van der Waals surface area contributed by atoms with E-state index in [-0.39, 0.29) is 34.9 Å². The number of aliphatic imine (C=N–C) groups is 1. The van der Waals surface area contributed by atoms with Crippen LogP contribution in [0.5, 0.6) is 0 Å². The van der Waals surface area contributed by atoms with E-state index in [1.54, 1.807) is 11.6 Å². The number of fused-ring (bicyclic) bond motifs is 1. The van der Waals surface area contributed by atoms with Crippen LogP contribution < -0.4 is 5.32 Å². The van der Waals surface area contributed by atoms with Gasteiger partial charge in [-0.3, -0.25) is 9.79 Å². The van der Waals surface area contributed by atoms with Gasteiger partial charge in [-0.2, -0.15) is 0 Å². The summed E-state index contributed by atoms with van der Waals surface area (Å²) in [5.74, 6) is -1.88. The van der Waals surface area contributed by atoms with Crippen LogP contribution in [0.1, 0.15) is 59.1 Å². The summed E-state index contributed by atoms with van der Waals surface area (Å²) in [5.41, 5.74) is 1.65. The topological polar surface area (TPSA) is 116 Å². The van der Waals surface area contributed by atoms with Crippen LogP contribution in [-0.4, -0.2) is 42.0 Å². The third-order valence-electron chi connectivity index (χ3n) is 7.86. The van der Waals surface area contributed by atoms with Crippen molar-refractivity contribution in [1.29, 1.82) is 0 Å². The summed E-state index contributed by atoms with van der Waals surface area (Å²) < 4.78 is 44.7. The normalized spacial score (nSPS) is 23.7. The van der Waals surface area contributed by atoms with E-state index in [9.17, 15) is 18.4 Å². The van der Waals surface area contributed by atoms with Gasteiger partial charge >= 0.3 is 11.9 Å². The van der Waals surface area contributed by atoms with Gasteiger partial charge in [-0.1, -0.05) is 17.7 Å². The lowest BCUT2D eigenvalue weighted by atomic mass is 9.75. The molecule has 1 fully saturated rings. The first-order valence-corrected chi connectivity index (χ1v) is 14.3. The van der Waals surface area contributed by atoms with Crippen LogP contribution in [0.4, 0.5) is 8.78 Å². The molecule has 2 atom stereocenters. The molecule has 1 aromatic carbocycles. The van der Waals surface area contributed by atoms with Gasteiger partial charge in [0.15, 0.2) is 28.4 Å². The van der Waals surface area contributed by atoms with Crippen molar-refractivity contribution in [2.24, 2.45) is 16.8 Å². The van der Waals surface area contributed by atoms with Crippen molar-refractivity contribution in [3.8, 4) is 0 Å². The molecule has 3 aromatic rings. The third-order valence-corrected chi connectivity index (χ3v) is 9.02. The van der Waals surface area contributed by atoms with Gasteiger partial charge in [0.25, 0.3) is 0 Å². The fraction of sp³-hybridized carbons (Fsp3) is 0.393. The Hall–Kier alpha value is -3.64. The second kappa shape index (κ2) is 11.0. The molecule has 0 spiro atoms. The quantitative estimate of drug-likeness (QED) is 0.308. The van der Waals surface area contributed by atoms with Gasteiger partial charge in [-0.15, -0.1) is 11.3 Å². The van der Waals surface area contributed by atoms with Crippen LogP contribution in [0.2, 0.25) is 5.02 Å². The number of carbonyl (C=O) groups is 2. The number of nitrogens with one attached hydrogen (secondary N) is 1. The van der Waals surface area contributed by atoms with Crippen molar-refractivity contribution in [1.82, 2.24) is 15.3 Å². The van der Waals surface area contributed by atoms with Crippen LogP contribution in [0, 0.1) is 23.5 Å². The number of thiazole rings is 1. The highest BCUT2D eigenvalue weighted by molar-refractivity contribution is 7.11. The predicted molar refractivity (Wildman–Crippen MR) is 144 cm³/mol. The lowest BCUT2D eigenvalue weighted by molar-refractivity contribution is -0.149. The third kappa shape index (κ3) is 4.93. The number of rotatable bonds is 6. The number of oxazole rings is 1. The largest absolute Gasteiger partial charge is 0.469 e. The van der Waals surface area contributed by atoms with E-state index in [1.165, 1.54) is 31.6 Å². The number of benzene rings is 1. The summed E-state index contributed by atoms with van der Waals surface area (Å²) in [6, 6.07) is 1.21. The molecule has 0 saturated heterocycles. The Balaban J connectivity index is 1.37. The second-order valence-corrected chi connectivity index (χ2v) is 11.4. The molecule has 41 heavy (non-hydrogen) atoms. The van der Waals surface area contributed by atoms with Crippen LogP contribution in [0.15, 0.2) is 44.4 Å². The maximum Gasteiger partial charge on any atom is 0.338 e. The molecule has 2 aliphatic carbocycles. The molecule has 3 aliphatic rings. The molecule has 1 saturated carbocycles. The number of esters is 2. The molecule has 214 valence electrons. The van der Waals surface area contributed by atoms with E-state index in [2.05, 4.69) is 15.3 Å². The number of amidine groups is 1. The van der Waals surface area contributed by atoms with Crippen molar-refractivity contribution in [2.75, 3.05) is 14.2 Å². The van der Waals surface area contributed by atoms with Crippen molar-refractivity contribution in [3.63, 3.8) is 0 Å². The number of hydrogen-bond acceptors (Lipinski definition) is 10. The molecule has 0 radical (unpaired) electrons. The van der Waals surface area contributed by atoms with Crippen molar-refractivity contribution in [3.05, 3.63) is 79.6 Å². The predicted octanol–water partition coefficient (Wildman–Crippen LogP) is 5.05. The Labute approximate surface area is 242 Å². The number of hydrogen-bond donors (Lipinski definition) is 1. The standard InChI is InChI=1S/C28H25ClF2N4O5S/c1-38-27(36)14-9-13(10-14)25-33-17-6-3-12(11-18(17)40-25)22-19(28(37)39-2)23(15-4-5-16(30)21(31)20(15)29)35-24(34-22)26-32-7-8-41-26/h4-5,7-8,12-14,23H,3,6,9-11H2,1-2H3,(H,34,35). The first-order valence-electron chi connectivity index (χ1n) is 13.1. The van der Waals surface area contributed by atoms with Crippen molar-refractivity contribution in [2.45, 2.75) is 44.1 Å². The average Bonchev–Trinajstić information content (AvgIpc) is 3.64. The fourth-order valence-corrected chi connectivity index (χ4v) is 6.49. The van der Waals surface area contributed by atoms with Gasteiger partial charge in [-0.05, 0) is 31.7 Å². The highest BCUT2D eigenvalue weighted by Crippen LogP contribution is 2.45. The Bertz CT molecular complexity index is 1580. The Morgan fingerprint density at radius 3 is 2.68 bits per heavy atom. The highest BCUT2D eigenvalue weighted by atomic mass is 35.5. The number of carbonyl (C=O) groups excluding carboxylic acids is 2. The molecular weight excluding hydrogens is 578 g/mol. The SMILES string of the molecule is COC(=O)C1=C(C2CCc3nc(C4CC(C(=O)OC)C4)oc3C2)NC(c2nccs2)=NC1c1ccc(F)c(F)c1Cl. The molecule has 0 bridgehead atoms. The summed E-state index contributed by atoms with van der Waals surface area (Å²) in [4.78, 5) is 38.8. The van der Waals surface area contributed by atoms with Crippen LogP contribution >= 0.6 is 22.9 Å². The minimum absolute atomic E-state index is 0.0457. The van der Waals surface area contributed by atoms with Crippen LogP contribution in [-0.2, 0) is 31.9 Å². The summed E-state index contributed by atoms with van der Waals surface area (Å²) in [6.45, 7) is 0. The maximum atomic E-state index is 14.6. The van der Waals surface area contributed by atoms with Gasteiger partial charge < -0.3 is 19.2 Å². The summed E-state index contributed by atoms with van der Waals surface area (Å²) in [6.07, 6.45) is 4.52. The Kier molecular flexibility index (Phi) is 7.37. The first kappa shape index (κ1) is 27.5. The molecule has 13 heteroatoms. The number of nitrogens with zero attached hydrogens (tertiary/aromatic N) is 3. The minimum atomic E-state index is -1.22. The van der Waals surface area contributed by atoms with Gasteiger partial charge in [0, 0.05) is 41.1 Å². The van der Waals surface area contributed by atoms with E-state index < -0.39 is 28.7 Å². The van der Waals surface area contributed by atoms with Crippen LogP contribution in [0.3, 0.4) is 0 Å². The molecule has 2 unspecified atom stereocenters. The average molecular weight is 603 g/mol. The summed E-state index contributed by atoms with van der Waals surface area (Å²) in [5, 5.41) is 5.17. The summed E-state index contributed by atoms with van der Waals surface area (Å²) in [7, 11) is 2.63. The Morgan fingerprint density at radius 2 is 1.98 bits per heavy atom. The Morgan fingerprint density at radius 1 is 1.17 bits per heavy atom. The lowest BCUT2D eigenvalue weighted by Gasteiger charge is -2.32. The van der Waals surface area contributed by atoms with Crippen molar-refractivity contribution < 1.29 is 32.3 Å². The first-order chi connectivity index (χ1) is 19.8. The van der Waals surface area contributed by atoms with Gasteiger partial charge in [-0.25, -0.2) is 23.5 Å². The minimum Gasteiger partial charge on any atom is -0.469 e. The van der Waals surface area contributed by atoms with E-state index in [4.69, 9.17) is 30.5 Å². The summed E-state index contributed by atoms with van der Waals surface area (Å²) >= 11 is 7.60. The number of methoxy groups -OCH3 is 2. The lowest BCUT2D eigenvalue weighted by Crippen LogP contribution is -2.38. The highest BCUT2D eigenvalue weighted by Gasteiger charge is 2.42. The van der Waals surface area contributed by atoms with E-state index >= 15 is 0 Å². The number of halogens is 3. The van der Waals surface area contributed by atoms with Gasteiger partial charge in [0.05, 0.1) is 36.4 Å². The van der Waals surface area contributed by atoms with E-state index in [0.29, 0.717) is 60.3 Å². The van der Waals surface area contributed by atoms with E-state index in [1.807, 2.05) is 0 Å². The smallest absolute Gasteiger partial charge is 0.338 e. The van der Waals surface area contributed by atoms with Crippen LogP contribution in [0.25, 0.3) is 0 Å². The van der Waals surface area contributed by atoms with E-state index in [0.717, 1.165) is 11.8 Å². The molecular formula is C28H25ClF2N4O5S. The zero-order chi connectivity index (χ0) is 28.8. The van der Waals surface area contributed by atoms with Gasteiger partial charge in [0.1, 0.15) is 11.8 Å². The molecule has 6 rings (SSSR count).